The van der Waals surface area contributed by atoms with Crippen LogP contribution in [0.15, 0.2) is 24.3 Å². The summed E-state index contributed by atoms with van der Waals surface area (Å²) >= 11 is 0. The minimum absolute atomic E-state index is 0.0517. The first kappa shape index (κ1) is 14.5. The van der Waals surface area contributed by atoms with Crippen molar-refractivity contribution in [3.63, 3.8) is 0 Å². The molecule has 0 aliphatic rings. The Balaban J connectivity index is 2.63. The second-order valence-corrected chi connectivity index (χ2v) is 4.28. The molecule has 0 radical (unpaired) electrons. The van der Waals surface area contributed by atoms with Gasteiger partial charge in [-0.3, -0.25) is 0 Å². The zero-order chi connectivity index (χ0) is 13.6. The van der Waals surface area contributed by atoms with Gasteiger partial charge in [-0.15, -0.1) is 0 Å². The van der Waals surface area contributed by atoms with E-state index in [0.717, 1.165) is 5.56 Å². The fraction of sp³-hybridized carbons (Fsp3) is 0.462. The van der Waals surface area contributed by atoms with E-state index in [1.54, 1.807) is 20.1 Å². The molecule has 0 aromatic heterocycles. The molecule has 0 aliphatic carbocycles. The second kappa shape index (κ2) is 6.37. The first-order valence-corrected chi connectivity index (χ1v) is 5.57. The number of nitrogens with two attached hydrogens (primary N) is 1. The number of carbonyl (C=O) groups excluding carboxylic acids is 1. The van der Waals surface area contributed by atoms with Gasteiger partial charge in [0.2, 0.25) is 0 Å². The van der Waals surface area contributed by atoms with Crippen LogP contribution < -0.4 is 10.5 Å². The number of hydrogen-bond acceptors (Lipinski definition) is 5. The molecule has 1 unspecified atom stereocenters. The summed E-state index contributed by atoms with van der Waals surface area (Å²) in [4.78, 5) is 11.4. The number of benzene rings is 1. The van der Waals surface area contributed by atoms with E-state index in [0.29, 0.717) is 12.4 Å². The molecule has 1 atom stereocenters. The van der Waals surface area contributed by atoms with E-state index in [1.807, 2.05) is 18.2 Å². The lowest BCUT2D eigenvalue weighted by Gasteiger charge is -2.21. The summed E-state index contributed by atoms with van der Waals surface area (Å²) < 4.78 is 15.1. The Labute approximate surface area is 107 Å². The van der Waals surface area contributed by atoms with Gasteiger partial charge in [0.25, 0.3) is 0 Å². The van der Waals surface area contributed by atoms with Crippen LogP contribution in [-0.4, -0.2) is 32.3 Å². The number of ether oxygens (including phenoxy) is 3. The van der Waals surface area contributed by atoms with Gasteiger partial charge in [0.15, 0.2) is 0 Å². The number of esters is 1. The van der Waals surface area contributed by atoms with Crippen molar-refractivity contribution in [1.29, 1.82) is 0 Å². The Morgan fingerprint density at radius 1 is 1.39 bits per heavy atom. The van der Waals surface area contributed by atoms with Crippen molar-refractivity contribution in [2.45, 2.75) is 19.1 Å². The summed E-state index contributed by atoms with van der Waals surface area (Å²) in [7, 11) is 2.92. The molecule has 18 heavy (non-hydrogen) atoms. The fourth-order valence-corrected chi connectivity index (χ4v) is 1.42. The molecule has 1 aromatic carbocycles. The van der Waals surface area contributed by atoms with E-state index in [1.165, 1.54) is 7.11 Å². The Morgan fingerprint density at radius 3 is 2.72 bits per heavy atom. The maximum Gasteiger partial charge on any atom is 0.329 e. The van der Waals surface area contributed by atoms with E-state index in [4.69, 9.17) is 15.2 Å². The molecule has 1 aromatic rings. The van der Waals surface area contributed by atoms with E-state index < -0.39 is 11.5 Å². The van der Waals surface area contributed by atoms with E-state index in [9.17, 15) is 4.79 Å². The Hall–Kier alpha value is -1.59. The van der Waals surface area contributed by atoms with Crippen LogP contribution in [0.4, 0.5) is 0 Å². The van der Waals surface area contributed by atoms with Crippen LogP contribution in [0.25, 0.3) is 0 Å². The molecule has 0 bridgehead atoms. The number of hydrogen-bond donors (Lipinski definition) is 1. The lowest BCUT2D eigenvalue weighted by molar-refractivity contribution is -0.147. The molecule has 100 valence electrons. The molecule has 1 rings (SSSR count). The fourth-order valence-electron chi connectivity index (χ4n) is 1.42. The van der Waals surface area contributed by atoms with Crippen molar-refractivity contribution >= 4 is 5.97 Å². The molecule has 2 N–H and O–H groups in total. The van der Waals surface area contributed by atoms with Gasteiger partial charge in [-0.25, -0.2) is 4.79 Å². The lowest BCUT2D eigenvalue weighted by Crippen LogP contribution is -2.50. The van der Waals surface area contributed by atoms with E-state index in [2.05, 4.69) is 4.74 Å². The van der Waals surface area contributed by atoms with Gasteiger partial charge >= 0.3 is 5.97 Å². The van der Waals surface area contributed by atoms with Gasteiger partial charge in [0.05, 0.1) is 13.7 Å². The molecule has 5 nitrogen and oxygen atoms in total. The summed E-state index contributed by atoms with van der Waals surface area (Å²) in [6.07, 6.45) is 0. The summed E-state index contributed by atoms with van der Waals surface area (Å²) in [6, 6.07) is 7.43. The Kier molecular flexibility index (Phi) is 5.12. The van der Waals surface area contributed by atoms with Crippen molar-refractivity contribution in [2.24, 2.45) is 5.73 Å². The van der Waals surface area contributed by atoms with Gasteiger partial charge in [-0.05, 0) is 24.6 Å². The van der Waals surface area contributed by atoms with Gasteiger partial charge in [-0.2, -0.15) is 0 Å². The van der Waals surface area contributed by atoms with Gasteiger partial charge in [-0.1, -0.05) is 12.1 Å². The third kappa shape index (κ3) is 4.01. The minimum atomic E-state index is -1.16. The SMILES string of the molecule is COCc1cccc(OCC(C)(N)C(=O)OC)c1. The van der Waals surface area contributed by atoms with Gasteiger partial charge in [0, 0.05) is 7.11 Å². The first-order valence-electron chi connectivity index (χ1n) is 5.57. The topological polar surface area (TPSA) is 70.8 Å². The molecule has 0 spiro atoms. The average molecular weight is 253 g/mol. The predicted molar refractivity (Wildman–Crippen MR) is 67.3 cm³/mol. The highest BCUT2D eigenvalue weighted by Gasteiger charge is 2.30. The average Bonchev–Trinajstić information content (AvgIpc) is 2.36. The molecular formula is C13H19NO4. The first-order chi connectivity index (χ1) is 8.49. The van der Waals surface area contributed by atoms with Crippen molar-refractivity contribution < 1.29 is 19.0 Å². The van der Waals surface area contributed by atoms with Crippen LogP contribution in [0.1, 0.15) is 12.5 Å². The monoisotopic (exact) mass is 253 g/mol. The molecule has 0 amide bonds. The van der Waals surface area contributed by atoms with Crippen molar-refractivity contribution in [3.8, 4) is 5.75 Å². The highest BCUT2D eigenvalue weighted by atomic mass is 16.5. The quantitative estimate of drug-likeness (QED) is 0.769. The molecule has 0 aliphatic heterocycles. The van der Waals surface area contributed by atoms with Gasteiger partial charge < -0.3 is 19.9 Å². The van der Waals surface area contributed by atoms with Crippen LogP contribution >= 0.6 is 0 Å². The third-order valence-electron chi connectivity index (χ3n) is 2.40. The Bertz CT molecular complexity index is 404. The van der Waals surface area contributed by atoms with E-state index in [-0.39, 0.29) is 6.61 Å². The smallest absolute Gasteiger partial charge is 0.329 e. The highest BCUT2D eigenvalue weighted by Crippen LogP contribution is 2.15. The van der Waals surface area contributed by atoms with Crippen LogP contribution in [0.2, 0.25) is 0 Å². The molecule has 5 heteroatoms. The van der Waals surface area contributed by atoms with Crippen LogP contribution in [0.3, 0.4) is 0 Å². The number of carbonyl (C=O) groups is 1. The largest absolute Gasteiger partial charge is 0.491 e. The van der Waals surface area contributed by atoms with Crippen LogP contribution in [0.5, 0.6) is 5.75 Å². The van der Waals surface area contributed by atoms with Crippen LogP contribution in [-0.2, 0) is 20.9 Å². The highest BCUT2D eigenvalue weighted by molar-refractivity contribution is 5.80. The molecule has 0 heterocycles. The standard InChI is InChI=1S/C13H19NO4/c1-13(14,12(15)17-3)9-18-11-6-4-5-10(7-11)8-16-2/h4-7H,8-9,14H2,1-3H3. The summed E-state index contributed by atoms with van der Waals surface area (Å²) in [5.41, 5.74) is 5.62. The number of rotatable bonds is 6. The van der Waals surface area contributed by atoms with E-state index >= 15 is 0 Å². The van der Waals surface area contributed by atoms with Crippen LogP contribution in [0, 0.1) is 0 Å². The maximum atomic E-state index is 11.4. The molecule has 0 fully saturated rings. The lowest BCUT2D eigenvalue weighted by atomic mass is 10.1. The minimum Gasteiger partial charge on any atom is -0.491 e. The number of methoxy groups -OCH3 is 2. The third-order valence-corrected chi connectivity index (χ3v) is 2.40. The zero-order valence-corrected chi connectivity index (χ0v) is 10.9. The predicted octanol–water partition coefficient (Wildman–Crippen LogP) is 1.10. The molecule has 0 saturated heterocycles. The molecular weight excluding hydrogens is 234 g/mol. The van der Waals surface area contributed by atoms with Crippen molar-refractivity contribution in [1.82, 2.24) is 0 Å². The van der Waals surface area contributed by atoms with Crippen molar-refractivity contribution in [3.05, 3.63) is 29.8 Å². The normalized spacial score (nSPS) is 13.8. The van der Waals surface area contributed by atoms with Gasteiger partial charge in [0.1, 0.15) is 17.9 Å². The maximum absolute atomic E-state index is 11.4. The summed E-state index contributed by atoms with van der Waals surface area (Å²) in [5.74, 6) is 0.140. The second-order valence-electron chi connectivity index (χ2n) is 4.28. The zero-order valence-electron chi connectivity index (χ0n) is 10.9. The summed E-state index contributed by atoms with van der Waals surface area (Å²) in [6.45, 7) is 2.13. The molecule has 0 saturated carbocycles. The Morgan fingerprint density at radius 2 is 2.11 bits per heavy atom. The van der Waals surface area contributed by atoms with Crippen molar-refractivity contribution in [2.75, 3.05) is 20.8 Å². The summed E-state index contributed by atoms with van der Waals surface area (Å²) in [5, 5.41) is 0.